The second kappa shape index (κ2) is 4.12. The fourth-order valence-electron chi connectivity index (χ4n) is 0.885. The molecule has 3 N–H and O–H groups in total. The molecule has 0 aliphatic heterocycles. The van der Waals surface area contributed by atoms with Gasteiger partial charge in [-0.05, 0) is 12.1 Å². The number of aliphatic carboxylic acids is 1. The third kappa shape index (κ3) is 2.24. The molecule has 5 nitrogen and oxygen atoms in total. The molecule has 0 saturated carbocycles. The highest BCUT2D eigenvalue weighted by molar-refractivity contribution is 5.72. The van der Waals surface area contributed by atoms with Gasteiger partial charge in [0.15, 0.2) is 6.10 Å². The average Bonchev–Trinajstić information content (AvgIpc) is 2.15. The van der Waals surface area contributed by atoms with Crippen LogP contribution in [0.4, 0.5) is 4.39 Å². The summed E-state index contributed by atoms with van der Waals surface area (Å²) >= 11 is 0. The largest absolute Gasteiger partial charge is 0.479 e. The maximum Gasteiger partial charge on any atom is 0.335 e. The van der Waals surface area contributed by atoms with Crippen LogP contribution in [0.2, 0.25) is 0 Å². The lowest BCUT2D eigenvalue weighted by molar-refractivity contribution is -0.153. The maximum atomic E-state index is 12.5. The molecule has 1 heterocycles. The molecular formula is C8H8FNO4. The van der Waals surface area contributed by atoms with Gasteiger partial charge in [-0.3, -0.25) is 0 Å². The van der Waals surface area contributed by atoms with E-state index in [0.29, 0.717) is 0 Å². The zero-order valence-corrected chi connectivity index (χ0v) is 6.96. The summed E-state index contributed by atoms with van der Waals surface area (Å²) in [6.45, 7) is 0. The molecule has 1 rings (SSSR count). The highest BCUT2D eigenvalue weighted by Crippen LogP contribution is 2.14. The number of hydrogen-bond acceptors (Lipinski definition) is 4. The van der Waals surface area contributed by atoms with E-state index < -0.39 is 24.1 Å². The van der Waals surface area contributed by atoms with Gasteiger partial charge < -0.3 is 15.3 Å². The number of nitrogens with zero attached hydrogens (tertiary/aromatic N) is 1. The summed E-state index contributed by atoms with van der Waals surface area (Å²) < 4.78 is 12.5. The van der Waals surface area contributed by atoms with Gasteiger partial charge in [-0.2, -0.15) is 4.39 Å². The molecule has 6 heteroatoms. The minimum Gasteiger partial charge on any atom is -0.479 e. The van der Waals surface area contributed by atoms with Crippen LogP contribution in [0.5, 0.6) is 0 Å². The molecule has 0 spiro atoms. The molecule has 0 amide bonds. The lowest BCUT2D eigenvalue weighted by atomic mass is 10.1. The maximum absolute atomic E-state index is 12.5. The van der Waals surface area contributed by atoms with Crippen LogP contribution >= 0.6 is 0 Å². The van der Waals surface area contributed by atoms with Crippen molar-refractivity contribution in [2.75, 3.05) is 0 Å². The SMILES string of the molecule is O=C(O)C(O)C(O)c1cccc(F)n1. The number of carboxylic acids is 1. The molecule has 1 aromatic rings. The topological polar surface area (TPSA) is 90.7 Å². The van der Waals surface area contributed by atoms with Crippen LogP contribution in [-0.4, -0.2) is 32.4 Å². The van der Waals surface area contributed by atoms with E-state index in [1.54, 1.807) is 0 Å². The lowest BCUT2D eigenvalue weighted by Gasteiger charge is -2.12. The Bertz CT molecular complexity index is 344. The summed E-state index contributed by atoms with van der Waals surface area (Å²) in [7, 11) is 0. The monoisotopic (exact) mass is 201 g/mol. The molecular weight excluding hydrogens is 193 g/mol. The summed E-state index contributed by atoms with van der Waals surface area (Å²) in [6.07, 6.45) is -3.74. The van der Waals surface area contributed by atoms with E-state index in [1.807, 2.05) is 0 Å². The first-order valence-electron chi connectivity index (χ1n) is 3.74. The van der Waals surface area contributed by atoms with E-state index in [1.165, 1.54) is 12.1 Å². The normalized spacial score (nSPS) is 14.8. The van der Waals surface area contributed by atoms with Gasteiger partial charge in [-0.1, -0.05) is 6.07 Å². The van der Waals surface area contributed by atoms with Crippen LogP contribution in [-0.2, 0) is 4.79 Å². The van der Waals surface area contributed by atoms with Crippen molar-refractivity contribution < 1.29 is 24.5 Å². The number of hydrogen-bond donors (Lipinski definition) is 3. The highest BCUT2D eigenvalue weighted by atomic mass is 19.1. The molecule has 0 fully saturated rings. The fraction of sp³-hybridized carbons (Fsp3) is 0.250. The number of carbonyl (C=O) groups is 1. The zero-order chi connectivity index (χ0) is 10.7. The number of aromatic nitrogens is 1. The van der Waals surface area contributed by atoms with E-state index in [-0.39, 0.29) is 5.69 Å². The van der Waals surface area contributed by atoms with Gasteiger partial charge in [-0.25, -0.2) is 9.78 Å². The van der Waals surface area contributed by atoms with Crippen LogP contribution in [0, 0.1) is 5.95 Å². The quantitative estimate of drug-likeness (QED) is 0.584. The molecule has 0 aliphatic rings. The first-order chi connectivity index (χ1) is 6.52. The van der Waals surface area contributed by atoms with Crippen LogP contribution in [0.15, 0.2) is 18.2 Å². The summed E-state index contributed by atoms with van der Waals surface area (Å²) in [6, 6.07) is 3.53. The minimum atomic E-state index is -2.01. The Morgan fingerprint density at radius 1 is 1.43 bits per heavy atom. The highest BCUT2D eigenvalue weighted by Gasteiger charge is 2.26. The second-order valence-electron chi connectivity index (χ2n) is 2.61. The van der Waals surface area contributed by atoms with Crippen molar-refractivity contribution in [1.29, 1.82) is 0 Å². The average molecular weight is 201 g/mol. The van der Waals surface area contributed by atoms with Crippen molar-refractivity contribution >= 4 is 5.97 Å². The van der Waals surface area contributed by atoms with E-state index in [9.17, 15) is 14.3 Å². The Labute approximate surface area is 78.5 Å². The third-order valence-electron chi connectivity index (χ3n) is 1.59. The Hall–Kier alpha value is -1.53. The van der Waals surface area contributed by atoms with E-state index in [4.69, 9.17) is 10.2 Å². The van der Waals surface area contributed by atoms with Gasteiger partial charge in [0, 0.05) is 0 Å². The van der Waals surface area contributed by atoms with Gasteiger partial charge in [0.25, 0.3) is 0 Å². The van der Waals surface area contributed by atoms with Crippen molar-refractivity contribution in [1.82, 2.24) is 4.98 Å². The Kier molecular flexibility index (Phi) is 3.10. The first-order valence-corrected chi connectivity index (χ1v) is 3.74. The molecule has 0 aromatic carbocycles. The van der Waals surface area contributed by atoms with E-state index in [2.05, 4.69) is 4.98 Å². The minimum absolute atomic E-state index is 0.222. The number of rotatable bonds is 3. The molecule has 2 unspecified atom stereocenters. The first kappa shape index (κ1) is 10.6. The predicted molar refractivity (Wildman–Crippen MR) is 42.8 cm³/mol. The zero-order valence-electron chi connectivity index (χ0n) is 6.96. The summed E-state index contributed by atoms with van der Waals surface area (Å²) in [5, 5.41) is 26.5. The van der Waals surface area contributed by atoms with Crippen molar-refractivity contribution in [3.63, 3.8) is 0 Å². The Morgan fingerprint density at radius 2 is 2.07 bits per heavy atom. The summed E-state index contributed by atoms with van der Waals surface area (Å²) in [4.78, 5) is 13.5. The summed E-state index contributed by atoms with van der Waals surface area (Å²) in [5.41, 5.74) is -0.222. The lowest BCUT2D eigenvalue weighted by Crippen LogP contribution is -2.28. The van der Waals surface area contributed by atoms with Crippen molar-refractivity contribution in [3.8, 4) is 0 Å². The van der Waals surface area contributed by atoms with Gasteiger partial charge in [0.1, 0.15) is 6.10 Å². The molecule has 2 atom stereocenters. The molecule has 76 valence electrons. The number of pyridine rings is 1. The molecule has 0 radical (unpaired) electrons. The van der Waals surface area contributed by atoms with Crippen LogP contribution in [0.3, 0.4) is 0 Å². The van der Waals surface area contributed by atoms with Crippen LogP contribution in [0.25, 0.3) is 0 Å². The van der Waals surface area contributed by atoms with Crippen molar-refractivity contribution in [3.05, 3.63) is 29.8 Å². The second-order valence-corrected chi connectivity index (χ2v) is 2.61. The van der Waals surface area contributed by atoms with Crippen LogP contribution in [0.1, 0.15) is 11.8 Å². The standard InChI is InChI=1S/C8H8FNO4/c9-5-3-1-2-4(10-5)6(11)7(12)8(13)14/h1-3,6-7,11-12H,(H,13,14). The molecule has 14 heavy (non-hydrogen) atoms. The van der Waals surface area contributed by atoms with Gasteiger partial charge >= 0.3 is 5.97 Å². The molecule has 0 bridgehead atoms. The number of aliphatic hydroxyl groups is 2. The number of aliphatic hydroxyl groups excluding tert-OH is 2. The van der Waals surface area contributed by atoms with E-state index >= 15 is 0 Å². The van der Waals surface area contributed by atoms with Crippen molar-refractivity contribution in [2.45, 2.75) is 12.2 Å². The third-order valence-corrected chi connectivity index (χ3v) is 1.59. The Morgan fingerprint density at radius 3 is 2.57 bits per heavy atom. The smallest absolute Gasteiger partial charge is 0.335 e. The summed E-state index contributed by atoms with van der Waals surface area (Å²) in [5.74, 6) is -2.44. The predicted octanol–water partition coefficient (Wildman–Crippen LogP) is -0.300. The number of carboxylic acid groups (broad SMARTS) is 1. The molecule has 0 aliphatic carbocycles. The van der Waals surface area contributed by atoms with Gasteiger partial charge in [-0.15, -0.1) is 0 Å². The van der Waals surface area contributed by atoms with E-state index in [0.717, 1.165) is 6.07 Å². The Balaban J connectivity index is 2.89. The molecule has 0 saturated heterocycles. The molecule has 1 aromatic heterocycles. The van der Waals surface area contributed by atoms with Gasteiger partial charge in [0.2, 0.25) is 5.95 Å². The van der Waals surface area contributed by atoms with Gasteiger partial charge in [0.05, 0.1) is 5.69 Å². The fourth-order valence-corrected chi connectivity index (χ4v) is 0.885. The van der Waals surface area contributed by atoms with Crippen molar-refractivity contribution in [2.24, 2.45) is 0 Å². The number of halogens is 1. The van der Waals surface area contributed by atoms with Crippen LogP contribution < -0.4 is 0 Å².